The number of ether oxygens (including phenoxy) is 1. The second-order valence-corrected chi connectivity index (χ2v) is 4.44. The molecule has 2 aromatic carbocycles. The average Bonchev–Trinajstić information content (AvgIpc) is 2.55. The van der Waals surface area contributed by atoms with E-state index in [1.807, 2.05) is 6.07 Å². The highest BCUT2D eigenvalue weighted by Crippen LogP contribution is 2.23. The lowest BCUT2D eigenvalue weighted by Gasteiger charge is -2.11. The third-order valence-corrected chi connectivity index (χ3v) is 2.98. The molecule has 0 atom stereocenters. The van der Waals surface area contributed by atoms with Gasteiger partial charge in [-0.25, -0.2) is 5.43 Å². The predicted octanol–water partition coefficient (Wildman–Crippen LogP) is 1.81. The zero-order chi connectivity index (χ0) is 15.9. The van der Waals surface area contributed by atoms with Gasteiger partial charge in [-0.1, -0.05) is 18.2 Å². The van der Waals surface area contributed by atoms with E-state index in [2.05, 4.69) is 16.2 Å². The highest BCUT2D eigenvalue weighted by molar-refractivity contribution is 6.05. The molecule has 0 saturated carbocycles. The van der Waals surface area contributed by atoms with E-state index < -0.39 is 0 Å². The van der Waals surface area contributed by atoms with Gasteiger partial charge in [-0.3, -0.25) is 15.0 Å². The smallest absolute Gasteiger partial charge is 0.269 e. The highest BCUT2D eigenvalue weighted by Gasteiger charge is 2.13. The summed E-state index contributed by atoms with van der Waals surface area (Å²) in [5.41, 5.74) is 6.50. The summed E-state index contributed by atoms with van der Waals surface area (Å²) >= 11 is 0. The van der Waals surface area contributed by atoms with E-state index in [1.165, 1.54) is 7.11 Å². The Balaban J connectivity index is 2.19. The molecule has 3 N–H and O–H groups in total. The maximum Gasteiger partial charge on any atom is 0.269 e. The molecule has 0 saturated heterocycles. The standard InChI is InChI=1S/C16H17N3O3/c1-17-19-16(21)13-9-8-12(10-14(13)22-2)18-15(20)11-6-4-3-5-7-11/h3-10,17H,1-2H3,(H,18,20)(H,19,21). The maximum atomic E-state index is 12.1. The number of carbonyl (C=O) groups is 2. The second kappa shape index (κ2) is 7.24. The summed E-state index contributed by atoms with van der Waals surface area (Å²) in [6, 6.07) is 13.7. The molecule has 0 aliphatic heterocycles. The first kappa shape index (κ1) is 15.5. The number of hydrogen-bond acceptors (Lipinski definition) is 4. The molecular formula is C16H17N3O3. The van der Waals surface area contributed by atoms with Crippen LogP contribution in [0.25, 0.3) is 0 Å². The van der Waals surface area contributed by atoms with Gasteiger partial charge in [0, 0.05) is 24.4 Å². The van der Waals surface area contributed by atoms with Crippen LogP contribution in [-0.4, -0.2) is 26.0 Å². The lowest BCUT2D eigenvalue weighted by molar-refractivity contribution is 0.0934. The minimum absolute atomic E-state index is 0.227. The van der Waals surface area contributed by atoms with Crippen molar-refractivity contribution < 1.29 is 14.3 Å². The Hall–Kier alpha value is -2.86. The van der Waals surface area contributed by atoms with Crippen molar-refractivity contribution in [2.24, 2.45) is 0 Å². The van der Waals surface area contributed by atoms with Crippen LogP contribution >= 0.6 is 0 Å². The molecule has 0 heterocycles. The molecule has 2 rings (SSSR count). The maximum absolute atomic E-state index is 12.1. The van der Waals surface area contributed by atoms with E-state index in [1.54, 1.807) is 49.5 Å². The number of nitrogens with one attached hydrogen (secondary N) is 3. The Morgan fingerprint density at radius 1 is 1.00 bits per heavy atom. The summed E-state index contributed by atoms with van der Waals surface area (Å²) in [5, 5.41) is 2.76. The molecule has 0 aliphatic rings. The normalized spacial score (nSPS) is 9.91. The minimum atomic E-state index is -0.319. The summed E-state index contributed by atoms with van der Waals surface area (Å²) in [6.07, 6.45) is 0. The summed E-state index contributed by atoms with van der Waals surface area (Å²) in [6.45, 7) is 0. The van der Waals surface area contributed by atoms with E-state index in [0.29, 0.717) is 22.6 Å². The molecule has 0 radical (unpaired) electrons. The van der Waals surface area contributed by atoms with Crippen LogP contribution in [0.4, 0.5) is 5.69 Å². The van der Waals surface area contributed by atoms with Crippen LogP contribution in [0.1, 0.15) is 20.7 Å². The Morgan fingerprint density at radius 2 is 1.73 bits per heavy atom. The van der Waals surface area contributed by atoms with Gasteiger partial charge < -0.3 is 10.1 Å². The number of benzene rings is 2. The van der Waals surface area contributed by atoms with Crippen LogP contribution < -0.4 is 20.9 Å². The number of anilines is 1. The first-order valence-corrected chi connectivity index (χ1v) is 6.67. The number of methoxy groups -OCH3 is 1. The molecule has 0 spiro atoms. The fraction of sp³-hybridized carbons (Fsp3) is 0.125. The second-order valence-electron chi connectivity index (χ2n) is 4.44. The van der Waals surface area contributed by atoms with E-state index in [9.17, 15) is 9.59 Å². The SMILES string of the molecule is CNNC(=O)c1ccc(NC(=O)c2ccccc2)cc1OC. The fourth-order valence-electron chi connectivity index (χ4n) is 1.93. The van der Waals surface area contributed by atoms with Gasteiger partial charge in [-0.2, -0.15) is 0 Å². The molecule has 6 nitrogen and oxygen atoms in total. The van der Waals surface area contributed by atoms with E-state index in [0.717, 1.165) is 0 Å². The van der Waals surface area contributed by atoms with Crippen molar-refractivity contribution in [3.63, 3.8) is 0 Å². The van der Waals surface area contributed by atoms with Gasteiger partial charge in [0.1, 0.15) is 5.75 Å². The van der Waals surface area contributed by atoms with E-state index in [-0.39, 0.29) is 11.8 Å². The van der Waals surface area contributed by atoms with Crippen molar-refractivity contribution in [1.29, 1.82) is 0 Å². The van der Waals surface area contributed by atoms with Crippen LogP contribution in [0.3, 0.4) is 0 Å². The Labute approximate surface area is 128 Å². The molecular weight excluding hydrogens is 282 g/mol. The number of hydrazine groups is 1. The Morgan fingerprint density at radius 3 is 2.36 bits per heavy atom. The third-order valence-electron chi connectivity index (χ3n) is 2.98. The Bertz CT molecular complexity index is 672. The van der Waals surface area contributed by atoms with Crippen LogP contribution in [-0.2, 0) is 0 Å². The van der Waals surface area contributed by atoms with E-state index in [4.69, 9.17) is 4.74 Å². The molecule has 0 aromatic heterocycles. The Kier molecular flexibility index (Phi) is 5.11. The number of amides is 2. The molecule has 0 unspecified atom stereocenters. The summed E-state index contributed by atoms with van der Waals surface area (Å²) in [7, 11) is 3.06. The molecule has 0 bridgehead atoms. The number of rotatable bonds is 5. The quantitative estimate of drug-likeness (QED) is 0.736. The van der Waals surface area contributed by atoms with Crippen molar-refractivity contribution in [3.8, 4) is 5.75 Å². The van der Waals surface area contributed by atoms with Crippen molar-refractivity contribution in [2.75, 3.05) is 19.5 Å². The molecule has 2 aromatic rings. The summed E-state index contributed by atoms with van der Waals surface area (Å²) in [5.74, 6) is -0.172. The van der Waals surface area contributed by atoms with E-state index >= 15 is 0 Å². The van der Waals surface area contributed by atoms with Crippen molar-refractivity contribution >= 4 is 17.5 Å². The monoisotopic (exact) mass is 299 g/mol. The molecule has 22 heavy (non-hydrogen) atoms. The van der Waals surface area contributed by atoms with Gasteiger partial charge in [-0.15, -0.1) is 0 Å². The van der Waals surface area contributed by atoms with Gasteiger partial charge in [0.05, 0.1) is 12.7 Å². The summed E-state index contributed by atoms with van der Waals surface area (Å²) in [4.78, 5) is 23.9. The average molecular weight is 299 g/mol. The largest absolute Gasteiger partial charge is 0.496 e. The van der Waals surface area contributed by atoms with Gasteiger partial charge >= 0.3 is 0 Å². The number of hydrogen-bond donors (Lipinski definition) is 3. The zero-order valence-corrected chi connectivity index (χ0v) is 12.3. The number of carbonyl (C=O) groups excluding carboxylic acids is 2. The third kappa shape index (κ3) is 3.62. The van der Waals surface area contributed by atoms with Gasteiger partial charge in [0.25, 0.3) is 11.8 Å². The summed E-state index contributed by atoms with van der Waals surface area (Å²) < 4.78 is 5.20. The van der Waals surface area contributed by atoms with Gasteiger partial charge in [-0.05, 0) is 24.3 Å². The highest BCUT2D eigenvalue weighted by atomic mass is 16.5. The zero-order valence-electron chi connectivity index (χ0n) is 12.3. The lowest BCUT2D eigenvalue weighted by Crippen LogP contribution is -2.34. The fourth-order valence-corrected chi connectivity index (χ4v) is 1.93. The van der Waals surface area contributed by atoms with Crippen LogP contribution in [0.15, 0.2) is 48.5 Å². The van der Waals surface area contributed by atoms with Gasteiger partial charge in [0.15, 0.2) is 0 Å². The topological polar surface area (TPSA) is 79.5 Å². The van der Waals surface area contributed by atoms with Crippen LogP contribution in [0, 0.1) is 0 Å². The minimum Gasteiger partial charge on any atom is -0.496 e. The van der Waals surface area contributed by atoms with Crippen LogP contribution in [0.2, 0.25) is 0 Å². The predicted molar refractivity (Wildman–Crippen MR) is 83.9 cm³/mol. The van der Waals surface area contributed by atoms with Crippen LogP contribution in [0.5, 0.6) is 5.75 Å². The van der Waals surface area contributed by atoms with Gasteiger partial charge in [0.2, 0.25) is 0 Å². The van der Waals surface area contributed by atoms with Crippen molar-refractivity contribution in [3.05, 3.63) is 59.7 Å². The lowest BCUT2D eigenvalue weighted by atomic mass is 10.1. The van der Waals surface area contributed by atoms with Crippen molar-refractivity contribution in [1.82, 2.24) is 10.9 Å². The molecule has 114 valence electrons. The molecule has 2 amide bonds. The first-order chi connectivity index (χ1) is 10.7. The van der Waals surface area contributed by atoms with Crippen molar-refractivity contribution in [2.45, 2.75) is 0 Å². The molecule has 0 fully saturated rings. The first-order valence-electron chi connectivity index (χ1n) is 6.67. The molecule has 0 aliphatic carbocycles. The molecule has 6 heteroatoms.